The first-order valence-electron chi connectivity index (χ1n) is 7.44. The van der Waals surface area contributed by atoms with Crippen molar-refractivity contribution in [3.8, 4) is 0 Å². The Bertz CT molecular complexity index is 638. The average molecular weight is 362 g/mol. The normalized spacial score (nSPS) is 11.3. The van der Waals surface area contributed by atoms with E-state index in [0.29, 0.717) is 10.6 Å². The lowest BCUT2D eigenvalue weighted by Crippen LogP contribution is -2.39. The van der Waals surface area contributed by atoms with Crippen molar-refractivity contribution in [2.75, 3.05) is 33.4 Å². The Kier molecular flexibility index (Phi) is 7.22. The van der Waals surface area contributed by atoms with Crippen LogP contribution in [0.2, 0.25) is 0 Å². The number of carbonyl (C=O) groups excluding carboxylic acids is 2. The second kappa shape index (κ2) is 8.70. The van der Waals surface area contributed by atoms with E-state index < -0.39 is 24.6 Å². The Labute approximate surface area is 143 Å². The standard InChI is InChI=1S/C16H21F3N2O4/c1-5-6-21(9-16(17,18)19)14(22)13-10(2)12(11(3)20-13)15(23)25-8-7-24-4/h5,20H,1,6-9H2,2-4H3. The van der Waals surface area contributed by atoms with Crippen molar-refractivity contribution in [3.63, 3.8) is 0 Å². The summed E-state index contributed by atoms with van der Waals surface area (Å²) in [6.45, 7) is 4.93. The lowest BCUT2D eigenvalue weighted by molar-refractivity contribution is -0.139. The summed E-state index contributed by atoms with van der Waals surface area (Å²) in [5, 5.41) is 0. The minimum Gasteiger partial charge on any atom is -0.460 e. The number of ether oxygens (including phenoxy) is 2. The summed E-state index contributed by atoms with van der Waals surface area (Å²) in [4.78, 5) is 27.8. The number of aryl methyl sites for hydroxylation is 1. The maximum atomic E-state index is 12.7. The Morgan fingerprint density at radius 3 is 2.44 bits per heavy atom. The number of carbonyl (C=O) groups is 2. The molecule has 0 saturated carbocycles. The number of halogens is 3. The molecular weight excluding hydrogens is 341 g/mol. The second-order valence-electron chi connectivity index (χ2n) is 5.34. The van der Waals surface area contributed by atoms with Crippen LogP contribution in [0.3, 0.4) is 0 Å². The summed E-state index contributed by atoms with van der Waals surface area (Å²) in [5.74, 6) is -1.54. The van der Waals surface area contributed by atoms with Crippen LogP contribution in [-0.4, -0.2) is 61.3 Å². The highest BCUT2D eigenvalue weighted by Crippen LogP contribution is 2.23. The van der Waals surface area contributed by atoms with Gasteiger partial charge in [-0.15, -0.1) is 6.58 Å². The van der Waals surface area contributed by atoms with Crippen LogP contribution >= 0.6 is 0 Å². The molecule has 0 bridgehead atoms. The molecule has 1 aromatic rings. The molecular formula is C16H21F3N2O4. The summed E-state index contributed by atoms with van der Waals surface area (Å²) in [7, 11) is 1.45. The smallest absolute Gasteiger partial charge is 0.406 e. The molecule has 0 aliphatic carbocycles. The van der Waals surface area contributed by atoms with Crippen LogP contribution in [0.25, 0.3) is 0 Å². The van der Waals surface area contributed by atoms with E-state index >= 15 is 0 Å². The van der Waals surface area contributed by atoms with Gasteiger partial charge in [0.25, 0.3) is 5.91 Å². The first-order valence-corrected chi connectivity index (χ1v) is 7.44. The SMILES string of the molecule is C=CCN(CC(F)(F)F)C(=O)c1[nH]c(C)c(C(=O)OCCOC)c1C. The molecule has 1 aromatic heterocycles. The van der Waals surface area contributed by atoms with Gasteiger partial charge in [-0.2, -0.15) is 13.2 Å². The van der Waals surface area contributed by atoms with E-state index in [-0.39, 0.29) is 36.6 Å². The molecule has 0 atom stereocenters. The number of nitrogens with zero attached hydrogens (tertiary/aromatic N) is 1. The summed E-state index contributed by atoms with van der Waals surface area (Å²) < 4.78 is 47.8. The van der Waals surface area contributed by atoms with Gasteiger partial charge in [0.1, 0.15) is 18.8 Å². The predicted molar refractivity (Wildman–Crippen MR) is 84.6 cm³/mol. The van der Waals surface area contributed by atoms with Gasteiger partial charge in [-0.3, -0.25) is 4.79 Å². The molecule has 25 heavy (non-hydrogen) atoms. The van der Waals surface area contributed by atoms with Gasteiger partial charge in [0, 0.05) is 19.3 Å². The summed E-state index contributed by atoms with van der Waals surface area (Å²) in [5.41, 5.74) is 0.627. The Hall–Kier alpha value is -2.29. The van der Waals surface area contributed by atoms with Crippen LogP contribution < -0.4 is 0 Å². The van der Waals surface area contributed by atoms with Crippen LogP contribution in [0, 0.1) is 13.8 Å². The van der Waals surface area contributed by atoms with Crippen molar-refractivity contribution >= 4 is 11.9 Å². The van der Waals surface area contributed by atoms with Crippen molar-refractivity contribution < 1.29 is 32.2 Å². The molecule has 0 saturated heterocycles. The van der Waals surface area contributed by atoms with E-state index in [1.807, 2.05) is 0 Å². The highest BCUT2D eigenvalue weighted by Gasteiger charge is 2.34. The van der Waals surface area contributed by atoms with Crippen LogP contribution in [0.1, 0.15) is 32.1 Å². The van der Waals surface area contributed by atoms with E-state index in [1.54, 1.807) is 0 Å². The van der Waals surface area contributed by atoms with Crippen molar-refractivity contribution in [3.05, 3.63) is 35.2 Å². The molecule has 0 aliphatic rings. The van der Waals surface area contributed by atoms with E-state index in [0.717, 1.165) is 0 Å². The van der Waals surface area contributed by atoms with Gasteiger partial charge in [-0.05, 0) is 19.4 Å². The van der Waals surface area contributed by atoms with Crippen molar-refractivity contribution in [1.29, 1.82) is 0 Å². The maximum Gasteiger partial charge on any atom is 0.406 e. The number of hydrogen-bond donors (Lipinski definition) is 1. The molecule has 140 valence electrons. The topological polar surface area (TPSA) is 71.6 Å². The largest absolute Gasteiger partial charge is 0.460 e. The minimum absolute atomic E-state index is 0.0271. The zero-order chi connectivity index (χ0) is 19.2. The number of methoxy groups -OCH3 is 1. The molecule has 0 radical (unpaired) electrons. The van der Waals surface area contributed by atoms with Gasteiger partial charge in [0.2, 0.25) is 0 Å². The lowest BCUT2D eigenvalue weighted by atomic mass is 10.1. The fourth-order valence-corrected chi connectivity index (χ4v) is 2.31. The van der Waals surface area contributed by atoms with Crippen molar-refractivity contribution in [1.82, 2.24) is 9.88 Å². The van der Waals surface area contributed by atoms with E-state index in [4.69, 9.17) is 9.47 Å². The van der Waals surface area contributed by atoms with E-state index in [9.17, 15) is 22.8 Å². The van der Waals surface area contributed by atoms with Crippen LogP contribution in [0.4, 0.5) is 13.2 Å². The van der Waals surface area contributed by atoms with Crippen LogP contribution in [0.15, 0.2) is 12.7 Å². The highest BCUT2D eigenvalue weighted by atomic mass is 19.4. The predicted octanol–water partition coefficient (Wildman–Crippen LogP) is 2.63. The number of esters is 1. The molecule has 0 spiro atoms. The third kappa shape index (κ3) is 5.63. The third-order valence-corrected chi connectivity index (χ3v) is 3.38. The quantitative estimate of drug-likeness (QED) is 0.438. The summed E-state index contributed by atoms with van der Waals surface area (Å²) in [6, 6.07) is 0. The number of nitrogens with one attached hydrogen (secondary N) is 1. The fraction of sp³-hybridized carbons (Fsp3) is 0.500. The maximum absolute atomic E-state index is 12.7. The number of rotatable bonds is 8. The second-order valence-corrected chi connectivity index (χ2v) is 5.34. The molecule has 0 aliphatic heterocycles. The first kappa shape index (κ1) is 20.8. The number of alkyl halides is 3. The van der Waals surface area contributed by atoms with Crippen molar-refractivity contribution in [2.24, 2.45) is 0 Å². The number of aromatic nitrogens is 1. The molecule has 1 amide bonds. The number of H-pyrrole nitrogens is 1. The minimum atomic E-state index is -4.55. The molecule has 6 nitrogen and oxygen atoms in total. The summed E-state index contributed by atoms with van der Waals surface area (Å²) in [6.07, 6.45) is -3.34. The van der Waals surface area contributed by atoms with Gasteiger partial charge in [0.05, 0.1) is 12.2 Å². The van der Waals surface area contributed by atoms with Crippen LogP contribution in [0.5, 0.6) is 0 Å². The van der Waals surface area contributed by atoms with Gasteiger partial charge >= 0.3 is 12.1 Å². The molecule has 0 aromatic carbocycles. The van der Waals surface area contributed by atoms with Gasteiger partial charge in [0.15, 0.2) is 0 Å². The van der Waals surface area contributed by atoms with Gasteiger partial charge in [-0.1, -0.05) is 6.08 Å². The van der Waals surface area contributed by atoms with Gasteiger partial charge in [-0.25, -0.2) is 4.79 Å². The molecule has 0 unspecified atom stereocenters. The molecule has 0 fully saturated rings. The number of amides is 1. The van der Waals surface area contributed by atoms with E-state index in [1.165, 1.54) is 27.0 Å². The van der Waals surface area contributed by atoms with Crippen LogP contribution in [-0.2, 0) is 9.47 Å². The Morgan fingerprint density at radius 1 is 1.28 bits per heavy atom. The fourth-order valence-electron chi connectivity index (χ4n) is 2.31. The Balaban J connectivity index is 3.08. The van der Waals surface area contributed by atoms with Crippen molar-refractivity contribution in [2.45, 2.75) is 20.0 Å². The zero-order valence-electron chi connectivity index (χ0n) is 14.3. The Morgan fingerprint density at radius 2 is 1.92 bits per heavy atom. The first-order chi connectivity index (χ1) is 11.6. The number of aromatic amines is 1. The highest BCUT2D eigenvalue weighted by molar-refractivity contribution is 6.00. The molecule has 1 N–H and O–H groups in total. The number of hydrogen-bond acceptors (Lipinski definition) is 4. The molecule has 9 heteroatoms. The monoisotopic (exact) mass is 362 g/mol. The van der Waals surface area contributed by atoms with E-state index in [2.05, 4.69) is 11.6 Å². The zero-order valence-corrected chi connectivity index (χ0v) is 14.3. The summed E-state index contributed by atoms with van der Waals surface area (Å²) >= 11 is 0. The third-order valence-electron chi connectivity index (χ3n) is 3.38. The molecule has 1 heterocycles. The molecule has 1 rings (SSSR count). The lowest BCUT2D eigenvalue weighted by Gasteiger charge is -2.22. The van der Waals surface area contributed by atoms with Gasteiger partial charge < -0.3 is 19.4 Å². The average Bonchev–Trinajstić information content (AvgIpc) is 2.80.